The van der Waals surface area contributed by atoms with Gasteiger partial charge in [0.15, 0.2) is 0 Å². The van der Waals surface area contributed by atoms with Crippen LogP contribution in [0.4, 0.5) is 4.79 Å². The molecule has 0 atom stereocenters. The van der Waals surface area contributed by atoms with Crippen LogP contribution in [0.2, 0.25) is 0 Å². The Morgan fingerprint density at radius 2 is 1.81 bits per heavy atom. The van der Waals surface area contributed by atoms with Crippen molar-refractivity contribution in [1.29, 1.82) is 0 Å². The third-order valence-corrected chi connectivity index (χ3v) is 4.29. The minimum absolute atomic E-state index is 0.176. The molecule has 16 heavy (non-hydrogen) atoms. The van der Waals surface area contributed by atoms with E-state index in [2.05, 4.69) is 27.7 Å². The first-order chi connectivity index (χ1) is 7.44. The van der Waals surface area contributed by atoms with Crippen LogP contribution in [0.25, 0.3) is 0 Å². The summed E-state index contributed by atoms with van der Waals surface area (Å²) in [5, 5.41) is 0. The third-order valence-electron chi connectivity index (χ3n) is 4.29. The van der Waals surface area contributed by atoms with Crippen molar-refractivity contribution in [3.05, 3.63) is 0 Å². The van der Waals surface area contributed by atoms with Gasteiger partial charge in [0.2, 0.25) is 0 Å². The molecule has 0 aromatic carbocycles. The Morgan fingerprint density at radius 1 is 1.25 bits per heavy atom. The number of nitrogens with zero attached hydrogens (tertiary/aromatic N) is 1. The maximum absolute atomic E-state index is 11.6. The highest BCUT2D eigenvalue weighted by molar-refractivity contribution is 5.67. The number of carbonyl (C=O) groups is 1. The lowest BCUT2D eigenvalue weighted by molar-refractivity contribution is 0.00771. The van der Waals surface area contributed by atoms with E-state index in [0.29, 0.717) is 11.8 Å². The van der Waals surface area contributed by atoms with E-state index in [9.17, 15) is 4.79 Å². The van der Waals surface area contributed by atoms with Crippen LogP contribution in [0.3, 0.4) is 0 Å². The Labute approximate surface area is 99.1 Å². The van der Waals surface area contributed by atoms with Crippen molar-refractivity contribution in [3.63, 3.8) is 0 Å². The van der Waals surface area contributed by atoms with Gasteiger partial charge in [0, 0.05) is 13.1 Å². The SMILES string of the molecule is COC(=O)N1CCCC(C(C)C)(C(C)C)C1. The molecule has 1 rings (SSSR count). The van der Waals surface area contributed by atoms with Crippen LogP contribution < -0.4 is 0 Å². The van der Waals surface area contributed by atoms with Crippen molar-refractivity contribution < 1.29 is 9.53 Å². The summed E-state index contributed by atoms with van der Waals surface area (Å²) < 4.78 is 4.83. The molecule has 1 amide bonds. The van der Waals surface area contributed by atoms with E-state index in [0.717, 1.165) is 19.5 Å². The monoisotopic (exact) mass is 227 g/mol. The molecule has 1 saturated heterocycles. The summed E-state index contributed by atoms with van der Waals surface area (Å²) in [5.41, 5.74) is 0.256. The Balaban J connectivity index is 2.83. The Bertz CT molecular complexity index is 240. The molecular weight excluding hydrogens is 202 g/mol. The summed E-state index contributed by atoms with van der Waals surface area (Å²) in [4.78, 5) is 13.5. The van der Waals surface area contributed by atoms with Gasteiger partial charge in [0.05, 0.1) is 7.11 Å². The number of hydrogen-bond acceptors (Lipinski definition) is 2. The first-order valence-corrected chi connectivity index (χ1v) is 6.27. The van der Waals surface area contributed by atoms with Gasteiger partial charge in [-0.15, -0.1) is 0 Å². The number of amides is 1. The number of ether oxygens (including phenoxy) is 1. The highest BCUT2D eigenvalue weighted by Gasteiger charge is 2.42. The van der Waals surface area contributed by atoms with Crippen molar-refractivity contribution in [2.24, 2.45) is 17.3 Å². The van der Waals surface area contributed by atoms with Crippen molar-refractivity contribution in [3.8, 4) is 0 Å². The van der Waals surface area contributed by atoms with Crippen molar-refractivity contribution in [2.75, 3.05) is 20.2 Å². The number of hydrogen-bond donors (Lipinski definition) is 0. The van der Waals surface area contributed by atoms with Gasteiger partial charge in [0.25, 0.3) is 0 Å². The number of methoxy groups -OCH3 is 1. The molecule has 0 spiro atoms. The van der Waals surface area contributed by atoms with E-state index < -0.39 is 0 Å². The molecule has 3 heteroatoms. The Morgan fingerprint density at radius 3 is 2.25 bits per heavy atom. The van der Waals surface area contributed by atoms with Crippen LogP contribution in [0.5, 0.6) is 0 Å². The minimum Gasteiger partial charge on any atom is -0.453 e. The van der Waals surface area contributed by atoms with E-state index in [4.69, 9.17) is 4.74 Å². The van der Waals surface area contributed by atoms with Gasteiger partial charge in [-0.2, -0.15) is 0 Å². The zero-order valence-electron chi connectivity index (χ0n) is 11.2. The average Bonchev–Trinajstić information content (AvgIpc) is 2.27. The maximum atomic E-state index is 11.6. The van der Waals surface area contributed by atoms with E-state index in [1.54, 1.807) is 0 Å². The topological polar surface area (TPSA) is 29.5 Å². The molecule has 3 nitrogen and oxygen atoms in total. The summed E-state index contributed by atoms with van der Waals surface area (Å²) in [5.74, 6) is 1.19. The molecule has 1 aliphatic heterocycles. The van der Waals surface area contributed by atoms with Crippen LogP contribution >= 0.6 is 0 Å². The Kier molecular flexibility index (Phi) is 4.22. The lowest BCUT2D eigenvalue weighted by Gasteiger charge is -2.48. The molecule has 0 unspecified atom stereocenters. The molecule has 0 bridgehead atoms. The second-order valence-corrected chi connectivity index (χ2v) is 5.54. The summed E-state index contributed by atoms with van der Waals surface area (Å²) in [7, 11) is 1.46. The van der Waals surface area contributed by atoms with E-state index >= 15 is 0 Å². The summed E-state index contributed by atoms with van der Waals surface area (Å²) in [6.07, 6.45) is 2.13. The molecule has 0 N–H and O–H groups in total. The first-order valence-electron chi connectivity index (χ1n) is 6.27. The fourth-order valence-corrected chi connectivity index (χ4v) is 3.01. The zero-order chi connectivity index (χ0) is 12.3. The van der Waals surface area contributed by atoms with Crippen molar-refractivity contribution in [1.82, 2.24) is 4.90 Å². The number of rotatable bonds is 2. The normalized spacial score (nSPS) is 20.3. The lowest BCUT2D eigenvalue weighted by Crippen LogP contribution is -2.50. The molecule has 0 aliphatic carbocycles. The molecule has 0 aromatic heterocycles. The average molecular weight is 227 g/mol. The molecule has 1 fully saturated rings. The third kappa shape index (κ3) is 2.33. The van der Waals surface area contributed by atoms with Crippen LogP contribution in [-0.2, 0) is 4.74 Å². The fraction of sp³-hybridized carbons (Fsp3) is 0.923. The molecule has 1 aliphatic rings. The second kappa shape index (κ2) is 5.07. The molecule has 94 valence electrons. The van der Waals surface area contributed by atoms with Gasteiger partial charge < -0.3 is 9.64 Å². The lowest BCUT2D eigenvalue weighted by atomic mass is 9.64. The molecule has 0 saturated carbocycles. The van der Waals surface area contributed by atoms with E-state index in [-0.39, 0.29) is 11.5 Å². The highest BCUT2D eigenvalue weighted by Crippen LogP contribution is 2.43. The largest absolute Gasteiger partial charge is 0.453 e. The standard InChI is InChI=1S/C13H25NO2/c1-10(2)13(11(3)4)7-6-8-14(9-13)12(15)16-5/h10-11H,6-9H2,1-5H3. The van der Waals surface area contributed by atoms with Gasteiger partial charge in [0.1, 0.15) is 0 Å². The molecule has 0 aromatic rings. The number of piperidine rings is 1. The van der Waals surface area contributed by atoms with Crippen molar-refractivity contribution in [2.45, 2.75) is 40.5 Å². The fourth-order valence-electron chi connectivity index (χ4n) is 3.01. The first kappa shape index (κ1) is 13.3. The van der Waals surface area contributed by atoms with Crippen molar-refractivity contribution >= 4 is 6.09 Å². The van der Waals surface area contributed by atoms with Gasteiger partial charge in [-0.3, -0.25) is 0 Å². The maximum Gasteiger partial charge on any atom is 0.409 e. The van der Waals surface area contributed by atoms with Crippen LogP contribution in [0.15, 0.2) is 0 Å². The van der Waals surface area contributed by atoms with Gasteiger partial charge in [-0.25, -0.2) is 4.79 Å². The summed E-state index contributed by atoms with van der Waals surface area (Å²) >= 11 is 0. The molecule has 0 radical (unpaired) electrons. The molecule has 1 heterocycles. The molecular formula is C13H25NO2. The van der Waals surface area contributed by atoms with Crippen LogP contribution in [0.1, 0.15) is 40.5 Å². The quantitative estimate of drug-likeness (QED) is 0.725. The van der Waals surface area contributed by atoms with Gasteiger partial charge in [-0.1, -0.05) is 27.7 Å². The van der Waals surface area contributed by atoms with Gasteiger partial charge in [-0.05, 0) is 30.1 Å². The van der Waals surface area contributed by atoms with Gasteiger partial charge >= 0.3 is 6.09 Å². The van der Waals surface area contributed by atoms with Crippen LogP contribution in [-0.4, -0.2) is 31.2 Å². The summed E-state index contributed by atoms with van der Waals surface area (Å²) in [6.45, 7) is 10.7. The highest BCUT2D eigenvalue weighted by atomic mass is 16.5. The predicted octanol–water partition coefficient (Wildman–Crippen LogP) is 3.15. The number of likely N-dealkylation sites (tertiary alicyclic amines) is 1. The minimum atomic E-state index is -0.176. The van der Waals surface area contributed by atoms with E-state index in [1.165, 1.54) is 13.5 Å². The predicted molar refractivity (Wildman–Crippen MR) is 65.3 cm³/mol. The Hall–Kier alpha value is -0.730. The smallest absolute Gasteiger partial charge is 0.409 e. The second-order valence-electron chi connectivity index (χ2n) is 5.54. The van der Waals surface area contributed by atoms with Crippen LogP contribution in [0, 0.1) is 17.3 Å². The van der Waals surface area contributed by atoms with E-state index in [1.807, 2.05) is 4.90 Å². The zero-order valence-corrected chi connectivity index (χ0v) is 11.2. The summed E-state index contributed by atoms with van der Waals surface area (Å²) in [6, 6.07) is 0. The number of carbonyl (C=O) groups excluding carboxylic acids is 1.